The van der Waals surface area contributed by atoms with Gasteiger partial charge in [-0.2, -0.15) is 9.97 Å². The van der Waals surface area contributed by atoms with Crippen molar-refractivity contribution in [2.24, 2.45) is 0 Å². The van der Waals surface area contributed by atoms with E-state index in [1.54, 1.807) is 22.8 Å². The van der Waals surface area contributed by atoms with Gasteiger partial charge in [-0.05, 0) is 41.8 Å². The van der Waals surface area contributed by atoms with E-state index in [9.17, 15) is 14.0 Å². The first-order valence-electron chi connectivity index (χ1n) is 12.7. The van der Waals surface area contributed by atoms with Crippen LogP contribution in [0, 0.1) is 5.82 Å². The number of anilines is 2. The maximum Gasteiger partial charge on any atom is 0.322 e. The lowest BCUT2D eigenvalue weighted by atomic mass is 9.87. The lowest BCUT2D eigenvalue weighted by Crippen LogP contribution is -2.20. The van der Waals surface area contributed by atoms with E-state index in [-0.39, 0.29) is 51.6 Å². The third-order valence-electron chi connectivity index (χ3n) is 6.80. The molecule has 42 heavy (non-hydrogen) atoms. The number of benzene rings is 2. The van der Waals surface area contributed by atoms with E-state index in [2.05, 4.69) is 20.6 Å². The number of nitrogens with zero attached hydrogens (tertiary/aromatic N) is 3. The number of methoxy groups -OCH3 is 3. The molecule has 0 fully saturated rings. The molecule has 13 heteroatoms. The molecule has 2 amide bonds. The highest BCUT2D eigenvalue weighted by atomic mass is 35.5. The third-order valence-corrected chi connectivity index (χ3v) is 7.27. The lowest BCUT2D eigenvalue weighted by molar-refractivity contribution is -0.116. The molecule has 218 valence electrons. The van der Waals surface area contributed by atoms with Crippen LogP contribution >= 0.6 is 23.2 Å². The van der Waals surface area contributed by atoms with Crippen LogP contribution in [0.2, 0.25) is 10.0 Å². The number of aromatic nitrogens is 3. The summed E-state index contributed by atoms with van der Waals surface area (Å²) in [6, 6.07) is 8.88. The monoisotopic (exact) mass is 613 g/mol. The zero-order chi connectivity index (χ0) is 30.3. The number of rotatable bonds is 8. The van der Waals surface area contributed by atoms with Crippen molar-refractivity contribution >= 4 is 46.4 Å². The summed E-state index contributed by atoms with van der Waals surface area (Å²) in [6.07, 6.45) is 1.53. The fourth-order valence-corrected chi connectivity index (χ4v) is 5.42. The molecule has 10 nitrogen and oxygen atoms in total. The molecular formula is C29H26Cl2FN5O5. The maximum absolute atomic E-state index is 14.7. The van der Waals surface area contributed by atoms with E-state index in [0.29, 0.717) is 27.5 Å². The number of halogens is 3. The minimum atomic E-state index is -0.906. The number of hydrogen-bond acceptors (Lipinski definition) is 7. The molecule has 0 bridgehead atoms. The van der Waals surface area contributed by atoms with Crippen LogP contribution in [0.25, 0.3) is 5.69 Å². The van der Waals surface area contributed by atoms with Gasteiger partial charge in [0.1, 0.15) is 5.82 Å². The van der Waals surface area contributed by atoms with Gasteiger partial charge in [0, 0.05) is 33.2 Å². The van der Waals surface area contributed by atoms with Crippen LogP contribution in [0.1, 0.15) is 52.9 Å². The Morgan fingerprint density at radius 1 is 1.02 bits per heavy atom. The highest BCUT2D eigenvalue weighted by Crippen LogP contribution is 2.45. The Morgan fingerprint density at radius 2 is 1.67 bits per heavy atom. The molecule has 1 aliphatic heterocycles. The summed E-state index contributed by atoms with van der Waals surface area (Å²) < 4.78 is 32.7. The normalized spacial score (nSPS) is 14.0. The van der Waals surface area contributed by atoms with Gasteiger partial charge in [0.2, 0.25) is 17.7 Å². The van der Waals surface area contributed by atoms with Crippen molar-refractivity contribution in [3.05, 3.63) is 80.8 Å². The Hall–Kier alpha value is -4.35. The van der Waals surface area contributed by atoms with E-state index >= 15 is 0 Å². The second-order valence-electron chi connectivity index (χ2n) is 9.68. The van der Waals surface area contributed by atoms with Crippen LogP contribution in [0.3, 0.4) is 0 Å². The Labute approximate surface area is 250 Å². The summed E-state index contributed by atoms with van der Waals surface area (Å²) in [5.74, 6) is -2.68. The molecule has 0 spiro atoms. The molecule has 2 aromatic heterocycles. The van der Waals surface area contributed by atoms with Crippen molar-refractivity contribution in [2.75, 3.05) is 32.0 Å². The quantitative estimate of drug-likeness (QED) is 0.243. The van der Waals surface area contributed by atoms with Crippen molar-refractivity contribution in [1.29, 1.82) is 0 Å². The molecule has 1 unspecified atom stereocenters. The minimum absolute atomic E-state index is 0.00120. The third kappa shape index (κ3) is 5.10. The number of fused-ring (bicyclic) bond motifs is 1. The van der Waals surface area contributed by atoms with E-state index in [1.807, 2.05) is 13.8 Å². The Kier molecular flexibility index (Phi) is 7.98. The van der Waals surface area contributed by atoms with Crippen LogP contribution in [0.4, 0.5) is 15.8 Å². The number of hydrogen-bond donors (Lipinski definition) is 2. The van der Waals surface area contributed by atoms with Crippen molar-refractivity contribution < 1.29 is 28.2 Å². The second kappa shape index (κ2) is 11.5. The fourth-order valence-electron chi connectivity index (χ4n) is 5.08. The molecule has 0 saturated heterocycles. The average molecular weight is 614 g/mol. The fraction of sp³-hybridized carbons (Fsp3) is 0.241. The van der Waals surface area contributed by atoms with Gasteiger partial charge in [-0.3, -0.25) is 9.59 Å². The number of carbonyl (C=O) groups excluding carboxylic acids is 2. The first kappa shape index (κ1) is 29.2. The van der Waals surface area contributed by atoms with Crippen LogP contribution in [0.15, 0.2) is 42.6 Å². The summed E-state index contributed by atoms with van der Waals surface area (Å²) in [5.41, 5.74) is 2.35. The number of ether oxygens (including phenoxy) is 3. The van der Waals surface area contributed by atoms with E-state index in [4.69, 9.17) is 37.4 Å². The van der Waals surface area contributed by atoms with Gasteiger partial charge in [-0.25, -0.2) is 4.39 Å². The zero-order valence-corrected chi connectivity index (χ0v) is 24.7. The predicted octanol–water partition coefficient (Wildman–Crippen LogP) is 6.20. The van der Waals surface area contributed by atoms with E-state index in [0.717, 1.165) is 6.07 Å². The summed E-state index contributed by atoms with van der Waals surface area (Å²) in [4.78, 5) is 36.1. The summed E-state index contributed by atoms with van der Waals surface area (Å²) >= 11 is 12.3. The van der Waals surface area contributed by atoms with Crippen LogP contribution in [0.5, 0.6) is 17.8 Å². The Morgan fingerprint density at radius 3 is 2.29 bits per heavy atom. The first-order chi connectivity index (χ1) is 20.1. The molecule has 0 aliphatic carbocycles. The van der Waals surface area contributed by atoms with Gasteiger partial charge < -0.3 is 29.4 Å². The smallest absolute Gasteiger partial charge is 0.322 e. The topological polar surface area (TPSA) is 117 Å². The number of nitrogens with one attached hydrogen (secondary N) is 2. The molecule has 2 aromatic carbocycles. The molecule has 4 aromatic rings. The minimum Gasteiger partial charge on any atom is -0.479 e. The van der Waals surface area contributed by atoms with E-state index < -0.39 is 17.6 Å². The van der Waals surface area contributed by atoms with Gasteiger partial charge in [0.15, 0.2) is 5.69 Å². The van der Waals surface area contributed by atoms with Crippen LogP contribution < -0.4 is 24.8 Å². The van der Waals surface area contributed by atoms with Gasteiger partial charge >= 0.3 is 6.01 Å². The summed E-state index contributed by atoms with van der Waals surface area (Å²) in [7, 11) is 4.25. The van der Waals surface area contributed by atoms with E-state index in [1.165, 1.54) is 39.7 Å². The zero-order valence-electron chi connectivity index (χ0n) is 23.2. The predicted molar refractivity (Wildman–Crippen MR) is 156 cm³/mol. The van der Waals surface area contributed by atoms with Gasteiger partial charge in [0.05, 0.1) is 38.5 Å². The highest BCUT2D eigenvalue weighted by Gasteiger charge is 2.40. The average Bonchev–Trinajstić information content (AvgIpc) is 3.50. The second-order valence-corrected chi connectivity index (χ2v) is 10.5. The molecule has 1 atom stereocenters. The SMILES string of the molecule is COc1nc(OC)c(-n2cc(C(=O)Nc3cc(Cl)ccc3F)c(C3C(=O)Nc4cc(Cl)ccc43)c2C(C)C)c(OC)n1. The van der Waals surface area contributed by atoms with Crippen molar-refractivity contribution in [3.63, 3.8) is 0 Å². The molecule has 0 radical (unpaired) electrons. The van der Waals surface area contributed by atoms with Crippen molar-refractivity contribution in [1.82, 2.24) is 14.5 Å². The largest absolute Gasteiger partial charge is 0.479 e. The van der Waals surface area contributed by atoms with Crippen molar-refractivity contribution in [3.8, 4) is 23.5 Å². The highest BCUT2D eigenvalue weighted by molar-refractivity contribution is 6.31. The van der Waals surface area contributed by atoms with Crippen LogP contribution in [-0.2, 0) is 4.79 Å². The van der Waals surface area contributed by atoms with Gasteiger partial charge in [-0.15, -0.1) is 0 Å². The number of carbonyl (C=O) groups is 2. The maximum atomic E-state index is 14.7. The standard InChI is InChI=1S/C29H26Cl2FN5O5/c1-13(2)23-21(22-16-8-6-14(30)10-19(16)33-26(22)39)17(25(38)34-20-11-15(31)7-9-18(20)32)12-37(23)24-27(40-3)35-29(42-5)36-28(24)41-4/h6-13,22H,1-5H3,(H,33,39)(H,34,38). The molecule has 2 N–H and O–H groups in total. The molecule has 5 rings (SSSR count). The summed E-state index contributed by atoms with van der Waals surface area (Å²) in [5, 5.41) is 6.14. The molecule has 1 aliphatic rings. The lowest BCUT2D eigenvalue weighted by Gasteiger charge is -2.20. The Bertz CT molecular complexity index is 1700. The van der Waals surface area contributed by atoms with Crippen molar-refractivity contribution in [2.45, 2.75) is 25.7 Å². The number of amides is 2. The summed E-state index contributed by atoms with van der Waals surface area (Å²) in [6.45, 7) is 3.82. The van der Waals surface area contributed by atoms with Gasteiger partial charge in [0.25, 0.3) is 5.91 Å². The molecule has 3 heterocycles. The Balaban J connectivity index is 1.81. The van der Waals surface area contributed by atoms with Gasteiger partial charge in [-0.1, -0.05) is 43.1 Å². The molecule has 0 saturated carbocycles. The molecular weight excluding hydrogens is 588 g/mol. The van der Waals surface area contributed by atoms with Crippen LogP contribution in [-0.4, -0.2) is 47.7 Å². The first-order valence-corrected chi connectivity index (χ1v) is 13.5.